The van der Waals surface area contributed by atoms with Gasteiger partial charge >= 0.3 is 0 Å². The van der Waals surface area contributed by atoms with Crippen molar-refractivity contribution in [3.8, 4) is 0 Å². The number of hydrogen-bond acceptors (Lipinski definition) is 2. The molecule has 1 fully saturated rings. The van der Waals surface area contributed by atoms with Crippen molar-refractivity contribution in [2.24, 2.45) is 5.92 Å². The minimum Gasteiger partial charge on any atom is -0.320 e. The molecule has 1 aliphatic rings. The molecule has 1 saturated heterocycles. The van der Waals surface area contributed by atoms with Crippen molar-refractivity contribution in [3.63, 3.8) is 0 Å². The third kappa shape index (κ3) is 4.55. The van der Waals surface area contributed by atoms with Crippen molar-refractivity contribution in [2.75, 3.05) is 26.7 Å². The second-order valence-corrected chi connectivity index (χ2v) is 6.87. The van der Waals surface area contributed by atoms with Crippen molar-refractivity contribution >= 4 is 0 Å². The highest BCUT2D eigenvalue weighted by Gasteiger charge is 2.23. The molecule has 1 aliphatic heterocycles. The average molecular weight is 288 g/mol. The molecule has 0 amide bonds. The monoisotopic (exact) mass is 288 g/mol. The maximum Gasteiger partial charge on any atom is 0.0319 e. The molecule has 2 rings (SSSR count). The molecule has 0 aliphatic carbocycles. The minimum atomic E-state index is 0.552. The normalized spacial score (nSPS) is 19.1. The summed E-state index contributed by atoms with van der Waals surface area (Å²) in [5, 5.41) is 3.28. The number of piperidine rings is 1. The third-order valence-corrected chi connectivity index (χ3v) is 5.08. The van der Waals surface area contributed by atoms with Crippen molar-refractivity contribution in [1.29, 1.82) is 0 Å². The summed E-state index contributed by atoms with van der Waals surface area (Å²) < 4.78 is 0. The molecule has 1 unspecified atom stereocenters. The van der Waals surface area contributed by atoms with Crippen molar-refractivity contribution in [2.45, 2.75) is 52.0 Å². The topological polar surface area (TPSA) is 15.3 Å². The van der Waals surface area contributed by atoms with E-state index in [1.165, 1.54) is 43.5 Å². The zero-order valence-electron chi connectivity index (χ0n) is 14.2. The lowest BCUT2D eigenvalue weighted by atomic mass is 9.91. The molecular weight excluding hydrogens is 256 g/mol. The second kappa shape index (κ2) is 7.95. The first-order valence-electron chi connectivity index (χ1n) is 8.60. The molecule has 0 bridgehead atoms. The summed E-state index contributed by atoms with van der Waals surface area (Å²) in [5.41, 5.74) is 2.91. The lowest BCUT2D eigenvalue weighted by Gasteiger charge is -2.36. The molecule has 0 radical (unpaired) electrons. The second-order valence-electron chi connectivity index (χ2n) is 6.87. The fourth-order valence-electron chi connectivity index (χ4n) is 3.35. The van der Waals surface area contributed by atoms with Gasteiger partial charge in [-0.3, -0.25) is 4.90 Å². The fraction of sp³-hybridized carbons (Fsp3) is 0.684. The maximum atomic E-state index is 3.28. The Balaban J connectivity index is 1.87. The molecule has 21 heavy (non-hydrogen) atoms. The average Bonchev–Trinajstić information content (AvgIpc) is 2.53. The van der Waals surface area contributed by atoms with Gasteiger partial charge < -0.3 is 5.32 Å². The summed E-state index contributed by atoms with van der Waals surface area (Å²) in [6.07, 6.45) is 4.05. The molecule has 0 aromatic heterocycles. The molecule has 0 saturated carbocycles. The Morgan fingerprint density at radius 3 is 2.14 bits per heavy atom. The van der Waals surface area contributed by atoms with E-state index < -0.39 is 0 Å². The van der Waals surface area contributed by atoms with Crippen LogP contribution in [0.15, 0.2) is 24.3 Å². The number of benzene rings is 1. The summed E-state index contributed by atoms with van der Waals surface area (Å²) in [5.74, 6) is 1.54. The summed E-state index contributed by atoms with van der Waals surface area (Å²) >= 11 is 0. The number of rotatable bonds is 6. The maximum absolute atomic E-state index is 3.28. The highest BCUT2D eigenvalue weighted by molar-refractivity contribution is 5.26. The summed E-state index contributed by atoms with van der Waals surface area (Å²) in [7, 11) is 2.05. The van der Waals surface area contributed by atoms with E-state index in [0.29, 0.717) is 12.0 Å². The number of nitrogens with one attached hydrogen (secondary N) is 1. The molecule has 2 heteroatoms. The summed E-state index contributed by atoms with van der Waals surface area (Å²) in [6.45, 7) is 10.5. The molecule has 2 nitrogen and oxygen atoms in total. The number of hydrogen-bond donors (Lipinski definition) is 1. The van der Waals surface area contributed by atoms with Gasteiger partial charge in [0.2, 0.25) is 0 Å². The van der Waals surface area contributed by atoms with E-state index in [9.17, 15) is 0 Å². The van der Waals surface area contributed by atoms with Gasteiger partial charge in [-0.15, -0.1) is 0 Å². The molecule has 1 heterocycles. The van der Waals surface area contributed by atoms with E-state index in [1.807, 2.05) is 0 Å². The van der Waals surface area contributed by atoms with Crippen LogP contribution in [0.5, 0.6) is 0 Å². The standard InChI is InChI=1S/C19H32N2/c1-15(2)18-5-7-19(8-6-18)16(3)21-13-10-17(11-14-21)9-12-20-4/h5-8,15-17,20H,9-14H2,1-4H3. The first-order valence-corrected chi connectivity index (χ1v) is 8.60. The van der Waals surface area contributed by atoms with Crippen LogP contribution in [0.1, 0.15) is 63.1 Å². The van der Waals surface area contributed by atoms with Gasteiger partial charge in [-0.05, 0) is 75.8 Å². The van der Waals surface area contributed by atoms with Crippen molar-refractivity contribution in [1.82, 2.24) is 10.2 Å². The van der Waals surface area contributed by atoms with Crippen LogP contribution in [0.4, 0.5) is 0 Å². The number of likely N-dealkylation sites (tertiary alicyclic amines) is 1. The highest BCUT2D eigenvalue weighted by atomic mass is 15.2. The highest BCUT2D eigenvalue weighted by Crippen LogP contribution is 2.28. The van der Waals surface area contributed by atoms with E-state index in [-0.39, 0.29) is 0 Å². The first kappa shape index (κ1) is 16.5. The lowest BCUT2D eigenvalue weighted by Crippen LogP contribution is -2.36. The summed E-state index contributed by atoms with van der Waals surface area (Å²) in [6, 6.07) is 9.81. The molecule has 118 valence electrons. The van der Waals surface area contributed by atoms with E-state index >= 15 is 0 Å². The van der Waals surface area contributed by atoms with E-state index in [1.54, 1.807) is 0 Å². The van der Waals surface area contributed by atoms with E-state index in [2.05, 4.69) is 62.3 Å². The molecule has 1 aromatic carbocycles. The van der Waals surface area contributed by atoms with Crippen LogP contribution >= 0.6 is 0 Å². The molecular formula is C19H32N2. The minimum absolute atomic E-state index is 0.552. The van der Waals surface area contributed by atoms with E-state index in [0.717, 1.165) is 12.5 Å². The summed E-state index contributed by atoms with van der Waals surface area (Å²) in [4.78, 5) is 2.65. The van der Waals surface area contributed by atoms with Gasteiger partial charge in [-0.25, -0.2) is 0 Å². The fourth-order valence-corrected chi connectivity index (χ4v) is 3.35. The molecule has 1 atom stereocenters. The Morgan fingerprint density at radius 2 is 1.62 bits per heavy atom. The number of nitrogens with zero attached hydrogens (tertiary/aromatic N) is 1. The predicted octanol–water partition coefficient (Wildman–Crippen LogP) is 4.19. The van der Waals surface area contributed by atoms with Gasteiger partial charge in [-0.2, -0.15) is 0 Å². The van der Waals surface area contributed by atoms with Gasteiger partial charge in [-0.1, -0.05) is 38.1 Å². The predicted molar refractivity (Wildman–Crippen MR) is 91.8 cm³/mol. The SMILES string of the molecule is CNCCC1CCN(C(C)c2ccc(C(C)C)cc2)CC1. The van der Waals surface area contributed by atoms with Gasteiger partial charge in [0.1, 0.15) is 0 Å². The smallest absolute Gasteiger partial charge is 0.0319 e. The van der Waals surface area contributed by atoms with Crippen LogP contribution in [0.25, 0.3) is 0 Å². The first-order chi connectivity index (χ1) is 10.1. The molecule has 0 spiro atoms. The van der Waals surface area contributed by atoms with Crippen LogP contribution < -0.4 is 5.32 Å². The molecule has 1 aromatic rings. The van der Waals surface area contributed by atoms with Crippen LogP contribution in [0.2, 0.25) is 0 Å². The Labute approximate surface area is 130 Å². The van der Waals surface area contributed by atoms with Crippen LogP contribution in [-0.2, 0) is 0 Å². The third-order valence-electron chi connectivity index (χ3n) is 5.08. The lowest BCUT2D eigenvalue weighted by molar-refractivity contribution is 0.137. The largest absolute Gasteiger partial charge is 0.320 e. The van der Waals surface area contributed by atoms with Crippen molar-refractivity contribution < 1.29 is 0 Å². The Hall–Kier alpha value is -0.860. The van der Waals surface area contributed by atoms with Crippen LogP contribution in [-0.4, -0.2) is 31.6 Å². The van der Waals surface area contributed by atoms with Crippen LogP contribution in [0, 0.1) is 5.92 Å². The van der Waals surface area contributed by atoms with Crippen LogP contribution in [0.3, 0.4) is 0 Å². The van der Waals surface area contributed by atoms with Gasteiger partial charge in [0.05, 0.1) is 0 Å². The zero-order chi connectivity index (χ0) is 15.2. The Bertz CT molecular complexity index is 402. The van der Waals surface area contributed by atoms with Gasteiger partial charge in [0.15, 0.2) is 0 Å². The quantitative estimate of drug-likeness (QED) is 0.844. The van der Waals surface area contributed by atoms with E-state index in [4.69, 9.17) is 0 Å². The Morgan fingerprint density at radius 1 is 1.05 bits per heavy atom. The Kier molecular flexibility index (Phi) is 6.25. The van der Waals surface area contributed by atoms with Crippen molar-refractivity contribution in [3.05, 3.63) is 35.4 Å². The molecule has 1 N–H and O–H groups in total. The zero-order valence-corrected chi connectivity index (χ0v) is 14.2. The van der Waals surface area contributed by atoms with Gasteiger partial charge in [0, 0.05) is 6.04 Å². The van der Waals surface area contributed by atoms with Gasteiger partial charge in [0.25, 0.3) is 0 Å².